The summed E-state index contributed by atoms with van der Waals surface area (Å²) >= 11 is 0. The summed E-state index contributed by atoms with van der Waals surface area (Å²) in [7, 11) is 0. The van der Waals surface area contributed by atoms with Crippen molar-refractivity contribution in [2.45, 2.75) is 72.0 Å². The number of fused-ring (bicyclic) bond motifs is 1. The van der Waals surface area contributed by atoms with E-state index in [1.807, 2.05) is 59.7 Å². The van der Waals surface area contributed by atoms with Crippen molar-refractivity contribution in [3.63, 3.8) is 0 Å². The van der Waals surface area contributed by atoms with Gasteiger partial charge < -0.3 is 19.5 Å². The summed E-state index contributed by atoms with van der Waals surface area (Å²) < 4.78 is 31.5. The fraction of sp³-hybridized carbons (Fsp3) is 0.423. The molecule has 1 N–H and O–H groups in total. The minimum Gasteiger partial charge on any atom is -0.483 e. The molecule has 2 aromatic rings. The van der Waals surface area contributed by atoms with Crippen molar-refractivity contribution < 1.29 is 23.4 Å². The molecule has 0 aliphatic carbocycles. The molecule has 6 heteroatoms. The van der Waals surface area contributed by atoms with Gasteiger partial charge in [0, 0.05) is 23.9 Å². The predicted molar refractivity (Wildman–Crippen MR) is 123 cm³/mol. The zero-order valence-electron chi connectivity index (χ0n) is 19.6. The lowest BCUT2D eigenvalue weighted by atomic mass is 9.87. The van der Waals surface area contributed by atoms with E-state index in [4.69, 9.17) is 14.2 Å². The molecule has 3 rings (SSSR count). The number of carbonyl (C=O) groups is 1. The van der Waals surface area contributed by atoms with E-state index in [0.717, 1.165) is 22.4 Å². The van der Waals surface area contributed by atoms with Gasteiger partial charge in [-0.1, -0.05) is 17.7 Å². The Morgan fingerprint density at radius 3 is 2.50 bits per heavy atom. The Morgan fingerprint density at radius 2 is 1.88 bits per heavy atom. The van der Waals surface area contributed by atoms with E-state index in [1.54, 1.807) is 12.1 Å². The lowest BCUT2D eigenvalue weighted by Crippen LogP contribution is -2.52. The highest BCUT2D eigenvalue weighted by Gasteiger charge is 2.47. The average Bonchev–Trinajstić information content (AvgIpc) is 2.69. The topological polar surface area (TPSA) is 56.8 Å². The Labute approximate surface area is 189 Å². The van der Waals surface area contributed by atoms with E-state index in [9.17, 15) is 9.18 Å². The van der Waals surface area contributed by atoms with Gasteiger partial charge in [-0.25, -0.2) is 9.18 Å². The Hall–Kier alpha value is -2.86. The molecule has 0 fully saturated rings. The first-order valence-corrected chi connectivity index (χ1v) is 10.9. The Morgan fingerprint density at radius 1 is 1.19 bits per heavy atom. The lowest BCUT2D eigenvalue weighted by molar-refractivity contribution is -0.184. The number of rotatable bonds is 7. The first kappa shape index (κ1) is 23.8. The molecule has 0 amide bonds. The molecule has 0 spiro atoms. The summed E-state index contributed by atoms with van der Waals surface area (Å²) in [6.07, 6.45) is 0.268. The molecule has 0 saturated heterocycles. The fourth-order valence-electron chi connectivity index (χ4n) is 3.69. The third-order valence-corrected chi connectivity index (χ3v) is 5.13. The summed E-state index contributed by atoms with van der Waals surface area (Å²) in [6, 6.07) is 12.2. The predicted octanol–water partition coefficient (Wildman–Crippen LogP) is 5.95. The number of benzene rings is 2. The molecule has 1 aliphatic rings. The molecule has 0 aromatic heterocycles. The monoisotopic (exact) mass is 441 g/mol. The number of allylic oxidation sites excluding steroid dienone is 1. The number of carbonyl (C=O) groups excluding carboxylic acids is 1. The molecule has 5 nitrogen and oxygen atoms in total. The lowest BCUT2D eigenvalue weighted by Gasteiger charge is -2.44. The van der Waals surface area contributed by atoms with Crippen LogP contribution in [0.4, 0.5) is 10.1 Å². The SMILES string of the molecule is CC(C)=CC(=O)OC1C(OC(C)C)c2cc(NCc3ccc(F)cc3)ccc2OC1(C)C. The van der Waals surface area contributed by atoms with Gasteiger partial charge in [0.1, 0.15) is 23.3 Å². The summed E-state index contributed by atoms with van der Waals surface area (Å²) in [4.78, 5) is 12.5. The molecule has 0 bridgehead atoms. The zero-order chi connectivity index (χ0) is 23.5. The van der Waals surface area contributed by atoms with Gasteiger partial charge in [-0.3, -0.25) is 0 Å². The van der Waals surface area contributed by atoms with Crippen LogP contribution >= 0.6 is 0 Å². The van der Waals surface area contributed by atoms with Gasteiger partial charge in [0.05, 0.1) is 6.10 Å². The number of esters is 1. The summed E-state index contributed by atoms with van der Waals surface area (Å²) in [5, 5.41) is 3.36. The van der Waals surface area contributed by atoms with Crippen LogP contribution in [-0.2, 0) is 20.8 Å². The zero-order valence-corrected chi connectivity index (χ0v) is 19.6. The van der Waals surface area contributed by atoms with E-state index in [1.165, 1.54) is 18.2 Å². The highest BCUT2D eigenvalue weighted by Crippen LogP contribution is 2.45. The largest absolute Gasteiger partial charge is 0.483 e. The van der Waals surface area contributed by atoms with Crippen molar-refractivity contribution in [2.75, 3.05) is 5.32 Å². The van der Waals surface area contributed by atoms with Crippen molar-refractivity contribution in [1.82, 2.24) is 0 Å². The standard InChI is InChI=1S/C26H32FNO4/c1-16(2)13-23(29)31-25-24(30-17(3)4)21-14-20(11-12-22(21)32-26(25,5)6)28-15-18-7-9-19(27)10-8-18/h7-14,17,24-25,28H,15H2,1-6H3. The van der Waals surface area contributed by atoms with Crippen molar-refractivity contribution in [3.8, 4) is 5.75 Å². The molecule has 0 saturated carbocycles. The summed E-state index contributed by atoms with van der Waals surface area (Å²) in [6.45, 7) is 11.9. The number of ether oxygens (including phenoxy) is 3. The van der Waals surface area contributed by atoms with Gasteiger partial charge in [-0.15, -0.1) is 0 Å². The molecule has 1 aliphatic heterocycles. The minimum absolute atomic E-state index is 0.0813. The fourth-order valence-corrected chi connectivity index (χ4v) is 3.69. The molecule has 172 valence electrons. The number of halogens is 1. The van der Waals surface area contributed by atoms with Crippen LogP contribution in [0.5, 0.6) is 5.75 Å². The molecule has 32 heavy (non-hydrogen) atoms. The van der Waals surface area contributed by atoms with Crippen LogP contribution in [0.1, 0.15) is 58.8 Å². The Balaban J connectivity index is 1.90. The average molecular weight is 442 g/mol. The van der Waals surface area contributed by atoms with Gasteiger partial charge in [0.2, 0.25) is 0 Å². The second kappa shape index (κ2) is 9.74. The van der Waals surface area contributed by atoms with E-state index in [0.29, 0.717) is 12.3 Å². The molecule has 2 unspecified atom stereocenters. The quantitative estimate of drug-likeness (QED) is 0.425. The smallest absolute Gasteiger partial charge is 0.331 e. The summed E-state index contributed by atoms with van der Waals surface area (Å²) in [5.74, 6) is 0.0187. The van der Waals surface area contributed by atoms with E-state index in [2.05, 4.69) is 5.32 Å². The maximum atomic E-state index is 13.2. The third kappa shape index (κ3) is 5.88. The third-order valence-electron chi connectivity index (χ3n) is 5.13. The highest BCUT2D eigenvalue weighted by atomic mass is 19.1. The summed E-state index contributed by atoms with van der Waals surface area (Å²) in [5.41, 5.74) is 2.73. The minimum atomic E-state index is -0.777. The van der Waals surface area contributed by atoms with Crippen LogP contribution < -0.4 is 10.1 Å². The van der Waals surface area contributed by atoms with Crippen molar-refractivity contribution in [1.29, 1.82) is 0 Å². The number of anilines is 1. The molecular weight excluding hydrogens is 409 g/mol. The Bertz CT molecular complexity index is 978. The van der Waals surface area contributed by atoms with Crippen LogP contribution in [0.15, 0.2) is 54.1 Å². The second-order valence-corrected chi connectivity index (χ2v) is 9.12. The maximum Gasteiger partial charge on any atom is 0.331 e. The molecule has 0 radical (unpaired) electrons. The number of hydrogen-bond donors (Lipinski definition) is 1. The van der Waals surface area contributed by atoms with Gasteiger partial charge in [-0.05, 0) is 77.4 Å². The van der Waals surface area contributed by atoms with E-state index >= 15 is 0 Å². The second-order valence-electron chi connectivity index (χ2n) is 9.12. The first-order valence-electron chi connectivity index (χ1n) is 10.9. The van der Waals surface area contributed by atoms with Crippen LogP contribution in [0.3, 0.4) is 0 Å². The number of hydrogen-bond acceptors (Lipinski definition) is 5. The van der Waals surface area contributed by atoms with Crippen LogP contribution in [0.25, 0.3) is 0 Å². The van der Waals surface area contributed by atoms with Crippen LogP contribution in [-0.4, -0.2) is 23.8 Å². The normalized spacial score (nSPS) is 19.0. The van der Waals surface area contributed by atoms with E-state index < -0.39 is 23.8 Å². The van der Waals surface area contributed by atoms with Crippen LogP contribution in [0.2, 0.25) is 0 Å². The van der Waals surface area contributed by atoms with Gasteiger partial charge in [0.15, 0.2) is 6.10 Å². The van der Waals surface area contributed by atoms with Gasteiger partial charge in [-0.2, -0.15) is 0 Å². The van der Waals surface area contributed by atoms with Crippen molar-refractivity contribution >= 4 is 11.7 Å². The van der Waals surface area contributed by atoms with Gasteiger partial charge >= 0.3 is 5.97 Å². The molecule has 2 atom stereocenters. The van der Waals surface area contributed by atoms with Crippen molar-refractivity contribution in [2.24, 2.45) is 0 Å². The van der Waals surface area contributed by atoms with Crippen LogP contribution in [0, 0.1) is 5.82 Å². The molecule has 2 aromatic carbocycles. The van der Waals surface area contributed by atoms with E-state index in [-0.39, 0.29) is 11.9 Å². The van der Waals surface area contributed by atoms with Gasteiger partial charge in [0.25, 0.3) is 0 Å². The Kier molecular flexibility index (Phi) is 7.24. The van der Waals surface area contributed by atoms with Crippen molar-refractivity contribution in [3.05, 3.63) is 71.1 Å². The number of nitrogens with one attached hydrogen (secondary N) is 1. The first-order chi connectivity index (χ1) is 15.0. The molecule has 1 heterocycles. The maximum absolute atomic E-state index is 13.2. The highest BCUT2D eigenvalue weighted by molar-refractivity contribution is 5.83. The molecular formula is C26H32FNO4.